The van der Waals surface area contributed by atoms with Crippen LogP contribution in [0.15, 0.2) is 23.2 Å². The maximum absolute atomic E-state index is 4.22. The van der Waals surface area contributed by atoms with Gasteiger partial charge in [-0.05, 0) is 0 Å². The number of hydrogen-bond donors (Lipinski definition) is 1. The van der Waals surface area contributed by atoms with E-state index in [4.69, 9.17) is 0 Å². The van der Waals surface area contributed by atoms with Crippen LogP contribution in [-0.2, 0) is 13.0 Å². The largest absolute Gasteiger partial charge is 0.310 e. The van der Waals surface area contributed by atoms with Crippen LogP contribution in [0.4, 0.5) is 0 Å². The molecule has 0 amide bonds. The topological polar surface area (TPSA) is 37.8 Å². The Morgan fingerprint density at radius 1 is 1.07 bits per heavy atom. The Kier molecular flexibility index (Phi) is 3.62. The molecular formula is C9H11N3S2. The zero-order valence-electron chi connectivity index (χ0n) is 7.64. The molecule has 2 aromatic heterocycles. The smallest absolute Gasteiger partial charge is 0.106 e. The van der Waals surface area contributed by atoms with Crippen molar-refractivity contribution in [2.45, 2.75) is 13.0 Å². The number of hydrogen-bond acceptors (Lipinski definition) is 5. The summed E-state index contributed by atoms with van der Waals surface area (Å²) in [7, 11) is 0. The molecule has 0 aromatic carbocycles. The van der Waals surface area contributed by atoms with Crippen LogP contribution in [0.2, 0.25) is 0 Å². The van der Waals surface area contributed by atoms with Gasteiger partial charge >= 0.3 is 0 Å². The van der Waals surface area contributed by atoms with E-state index in [1.807, 2.05) is 23.2 Å². The fraction of sp³-hybridized carbons (Fsp3) is 0.333. The first-order chi connectivity index (χ1) is 6.95. The molecule has 0 radical (unpaired) electrons. The van der Waals surface area contributed by atoms with Gasteiger partial charge in [0.2, 0.25) is 0 Å². The fourth-order valence-corrected chi connectivity index (χ4v) is 2.31. The minimum Gasteiger partial charge on any atom is -0.310 e. The average molecular weight is 225 g/mol. The predicted molar refractivity (Wildman–Crippen MR) is 59.6 cm³/mol. The number of aromatic nitrogens is 2. The minimum atomic E-state index is 0.864. The Bertz CT molecular complexity index is 306. The van der Waals surface area contributed by atoms with Crippen LogP contribution in [0.3, 0.4) is 0 Å². The summed E-state index contributed by atoms with van der Waals surface area (Å²) < 4.78 is 0. The summed E-state index contributed by atoms with van der Waals surface area (Å²) in [5.41, 5.74) is 0. The third-order valence-corrected chi connectivity index (χ3v) is 3.38. The quantitative estimate of drug-likeness (QED) is 0.790. The molecule has 0 fully saturated rings. The van der Waals surface area contributed by atoms with Gasteiger partial charge in [0.05, 0.1) is 5.01 Å². The van der Waals surface area contributed by atoms with Gasteiger partial charge in [-0.25, -0.2) is 9.97 Å². The lowest BCUT2D eigenvalue weighted by Crippen LogP contribution is -2.16. The summed E-state index contributed by atoms with van der Waals surface area (Å²) in [5, 5.41) is 9.68. The molecule has 2 rings (SSSR count). The van der Waals surface area contributed by atoms with E-state index in [1.54, 1.807) is 22.7 Å². The SMILES string of the molecule is c1csc(CCNCc2nccs2)n1. The Hall–Kier alpha value is -0.780. The lowest BCUT2D eigenvalue weighted by molar-refractivity contribution is 0.682. The molecular weight excluding hydrogens is 214 g/mol. The van der Waals surface area contributed by atoms with Gasteiger partial charge < -0.3 is 5.32 Å². The third-order valence-electron chi connectivity index (χ3n) is 1.76. The summed E-state index contributed by atoms with van der Waals surface area (Å²) in [5.74, 6) is 0. The highest BCUT2D eigenvalue weighted by Crippen LogP contribution is 2.05. The van der Waals surface area contributed by atoms with Crippen molar-refractivity contribution in [3.8, 4) is 0 Å². The average Bonchev–Trinajstić information content (AvgIpc) is 2.86. The molecule has 0 spiro atoms. The van der Waals surface area contributed by atoms with Crippen molar-refractivity contribution in [2.75, 3.05) is 6.54 Å². The van der Waals surface area contributed by atoms with Gasteiger partial charge in [0.15, 0.2) is 0 Å². The van der Waals surface area contributed by atoms with E-state index in [-0.39, 0.29) is 0 Å². The maximum atomic E-state index is 4.22. The van der Waals surface area contributed by atoms with Gasteiger partial charge in [0.25, 0.3) is 0 Å². The summed E-state index contributed by atoms with van der Waals surface area (Å²) in [4.78, 5) is 8.41. The molecule has 0 aliphatic carbocycles. The molecule has 2 heterocycles. The lowest BCUT2D eigenvalue weighted by Gasteiger charge is -1.99. The van der Waals surface area contributed by atoms with Gasteiger partial charge in [-0.1, -0.05) is 0 Å². The van der Waals surface area contributed by atoms with Crippen LogP contribution in [0.1, 0.15) is 10.0 Å². The number of rotatable bonds is 5. The van der Waals surface area contributed by atoms with Gasteiger partial charge in [0.1, 0.15) is 5.01 Å². The molecule has 2 aromatic rings. The highest BCUT2D eigenvalue weighted by atomic mass is 32.1. The van der Waals surface area contributed by atoms with Gasteiger partial charge in [-0.3, -0.25) is 0 Å². The maximum Gasteiger partial charge on any atom is 0.106 e. The van der Waals surface area contributed by atoms with E-state index in [2.05, 4.69) is 15.3 Å². The van der Waals surface area contributed by atoms with Crippen LogP contribution in [-0.4, -0.2) is 16.5 Å². The van der Waals surface area contributed by atoms with Gasteiger partial charge in [0, 0.05) is 42.7 Å². The molecule has 14 heavy (non-hydrogen) atoms. The summed E-state index contributed by atoms with van der Waals surface area (Å²) in [6.45, 7) is 1.83. The summed E-state index contributed by atoms with van der Waals surface area (Å²) >= 11 is 3.39. The second-order valence-electron chi connectivity index (χ2n) is 2.78. The van der Waals surface area contributed by atoms with E-state index in [0.29, 0.717) is 0 Å². The Balaban J connectivity index is 1.65. The zero-order valence-corrected chi connectivity index (χ0v) is 9.27. The normalized spacial score (nSPS) is 10.6. The Labute approximate surface area is 90.9 Å². The van der Waals surface area contributed by atoms with E-state index >= 15 is 0 Å². The molecule has 0 saturated carbocycles. The first-order valence-electron chi connectivity index (χ1n) is 4.42. The highest BCUT2D eigenvalue weighted by molar-refractivity contribution is 7.09. The first kappa shape index (κ1) is 9.76. The molecule has 5 heteroatoms. The van der Waals surface area contributed by atoms with E-state index < -0.39 is 0 Å². The molecule has 0 aliphatic rings. The van der Waals surface area contributed by atoms with Crippen molar-refractivity contribution in [3.63, 3.8) is 0 Å². The standard InChI is InChI=1S/C9H11N3S2/c1(8-11-3-5-13-8)2-10-7-9-12-4-6-14-9/h3-6,10H,1-2,7H2. The van der Waals surface area contributed by atoms with Crippen molar-refractivity contribution >= 4 is 22.7 Å². The summed E-state index contributed by atoms with van der Waals surface area (Å²) in [6.07, 6.45) is 4.69. The second kappa shape index (κ2) is 5.19. The number of nitrogens with zero attached hydrogens (tertiary/aromatic N) is 2. The number of nitrogens with one attached hydrogen (secondary N) is 1. The highest BCUT2D eigenvalue weighted by Gasteiger charge is 1.96. The molecule has 74 valence electrons. The van der Waals surface area contributed by atoms with E-state index in [9.17, 15) is 0 Å². The van der Waals surface area contributed by atoms with E-state index in [1.165, 1.54) is 5.01 Å². The third kappa shape index (κ3) is 2.87. The lowest BCUT2D eigenvalue weighted by atomic mass is 10.4. The van der Waals surface area contributed by atoms with Crippen molar-refractivity contribution in [1.29, 1.82) is 0 Å². The molecule has 1 N–H and O–H groups in total. The fourth-order valence-electron chi connectivity index (χ4n) is 1.11. The van der Waals surface area contributed by atoms with Crippen LogP contribution in [0.25, 0.3) is 0 Å². The molecule has 0 unspecified atom stereocenters. The van der Waals surface area contributed by atoms with Crippen molar-refractivity contribution in [1.82, 2.24) is 15.3 Å². The van der Waals surface area contributed by atoms with Crippen LogP contribution in [0, 0.1) is 0 Å². The second-order valence-corrected chi connectivity index (χ2v) is 4.74. The van der Waals surface area contributed by atoms with Crippen LogP contribution in [0.5, 0.6) is 0 Å². The molecule has 0 bridgehead atoms. The van der Waals surface area contributed by atoms with Crippen molar-refractivity contribution < 1.29 is 0 Å². The first-order valence-corrected chi connectivity index (χ1v) is 6.18. The van der Waals surface area contributed by atoms with Crippen molar-refractivity contribution in [2.24, 2.45) is 0 Å². The predicted octanol–water partition coefficient (Wildman–Crippen LogP) is 1.93. The van der Waals surface area contributed by atoms with Gasteiger partial charge in [-0.2, -0.15) is 0 Å². The molecule has 0 atom stereocenters. The molecule has 0 saturated heterocycles. The number of thiazole rings is 2. The Morgan fingerprint density at radius 3 is 2.43 bits per heavy atom. The minimum absolute atomic E-state index is 0.864. The Morgan fingerprint density at radius 2 is 1.79 bits per heavy atom. The van der Waals surface area contributed by atoms with Crippen LogP contribution < -0.4 is 5.32 Å². The van der Waals surface area contributed by atoms with Gasteiger partial charge in [-0.15, -0.1) is 22.7 Å². The summed E-state index contributed by atoms with van der Waals surface area (Å²) in [6, 6.07) is 0. The monoisotopic (exact) mass is 225 g/mol. The molecule has 3 nitrogen and oxygen atoms in total. The van der Waals surface area contributed by atoms with Crippen molar-refractivity contribution in [3.05, 3.63) is 33.2 Å². The molecule has 0 aliphatic heterocycles. The van der Waals surface area contributed by atoms with Crippen LogP contribution >= 0.6 is 22.7 Å². The zero-order chi connectivity index (χ0) is 9.64. The van der Waals surface area contributed by atoms with E-state index in [0.717, 1.165) is 24.5 Å².